The maximum absolute atomic E-state index is 13.0. The van der Waals surface area contributed by atoms with Crippen molar-refractivity contribution in [3.63, 3.8) is 0 Å². The summed E-state index contributed by atoms with van der Waals surface area (Å²) in [6.07, 6.45) is -4.74. The molecule has 126 valence electrons. The van der Waals surface area contributed by atoms with E-state index in [0.717, 1.165) is 6.07 Å². The molecule has 0 aliphatic rings. The molecule has 0 aliphatic heterocycles. The number of amides is 1. The lowest BCUT2D eigenvalue weighted by molar-refractivity contribution is -0.137. The van der Waals surface area contributed by atoms with Gasteiger partial charge in [-0.25, -0.2) is 0 Å². The van der Waals surface area contributed by atoms with Crippen molar-refractivity contribution < 1.29 is 18.0 Å². The Balaban J connectivity index is 2.46. The largest absolute Gasteiger partial charge is 0.417 e. The van der Waals surface area contributed by atoms with Gasteiger partial charge in [0.1, 0.15) is 0 Å². The number of halogens is 5. The van der Waals surface area contributed by atoms with Gasteiger partial charge in [0.05, 0.1) is 45.1 Å². The highest BCUT2D eigenvalue weighted by atomic mass is 127. The molecule has 4 nitrogen and oxygen atoms in total. The molecule has 0 bridgehead atoms. The van der Waals surface area contributed by atoms with Crippen LogP contribution in [0.5, 0.6) is 0 Å². The highest BCUT2D eigenvalue weighted by Gasteiger charge is 2.34. The zero-order chi connectivity index (χ0) is 18.8. The molecule has 0 aliphatic carbocycles. The van der Waals surface area contributed by atoms with E-state index in [1.165, 1.54) is 24.3 Å². The number of nitrogens with zero attached hydrogens (tertiary/aromatic N) is 2. The van der Waals surface area contributed by atoms with Crippen LogP contribution in [-0.4, -0.2) is 5.91 Å². The topological polar surface area (TPSA) is 76.7 Å². The maximum atomic E-state index is 13.0. The molecule has 0 saturated carbocycles. The van der Waals surface area contributed by atoms with Crippen molar-refractivity contribution in [2.45, 2.75) is 6.18 Å². The van der Waals surface area contributed by atoms with E-state index in [1.54, 1.807) is 22.6 Å². The summed E-state index contributed by atoms with van der Waals surface area (Å²) in [7, 11) is 0. The van der Waals surface area contributed by atoms with Gasteiger partial charge in [-0.3, -0.25) is 4.79 Å². The highest BCUT2D eigenvalue weighted by molar-refractivity contribution is 14.1. The van der Waals surface area contributed by atoms with Gasteiger partial charge in [0.15, 0.2) is 0 Å². The lowest BCUT2D eigenvalue weighted by Crippen LogP contribution is -2.16. The molecule has 0 fully saturated rings. The molecular formula is C16H6ClF3IN3O. The summed E-state index contributed by atoms with van der Waals surface area (Å²) in [5.41, 5.74) is -1.67. The van der Waals surface area contributed by atoms with Crippen molar-refractivity contribution >= 4 is 45.8 Å². The van der Waals surface area contributed by atoms with Crippen LogP contribution in [-0.2, 0) is 6.18 Å². The number of carbonyl (C=O) groups excluding carboxylic acids is 1. The standard InChI is InChI=1S/C16H6ClF3IN3O/c17-12-2-1-8(6-22)3-10(12)15(25)24-14-5-11(16(18,19)20)9(7-23)4-13(14)21/h1-5H,(H,24,25). The molecule has 0 saturated heterocycles. The SMILES string of the molecule is N#Cc1ccc(Cl)c(C(=O)Nc2cc(C(F)(F)F)c(C#N)cc2I)c1. The monoisotopic (exact) mass is 475 g/mol. The highest BCUT2D eigenvalue weighted by Crippen LogP contribution is 2.35. The van der Waals surface area contributed by atoms with Gasteiger partial charge in [0, 0.05) is 3.57 Å². The molecule has 0 aromatic heterocycles. The van der Waals surface area contributed by atoms with Crippen LogP contribution in [0.4, 0.5) is 18.9 Å². The Hall–Kier alpha value is -2.30. The minimum Gasteiger partial charge on any atom is -0.321 e. The first-order valence-corrected chi connectivity index (χ1v) is 7.95. The predicted molar refractivity (Wildman–Crippen MR) is 93.0 cm³/mol. The fourth-order valence-electron chi connectivity index (χ4n) is 1.95. The number of anilines is 1. The smallest absolute Gasteiger partial charge is 0.321 e. The number of benzene rings is 2. The third kappa shape index (κ3) is 4.21. The second-order valence-electron chi connectivity index (χ2n) is 4.75. The number of alkyl halides is 3. The van der Waals surface area contributed by atoms with Crippen molar-refractivity contribution in [2.24, 2.45) is 0 Å². The molecule has 2 aromatic rings. The number of carbonyl (C=O) groups is 1. The Morgan fingerprint density at radius 3 is 2.40 bits per heavy atom. The third-order valence-corrected chi connectivity index (χ3v) is 4.34. The predicted octanol–water partition coefficient (Wildman–Crippen LogP) is 4.96. The zero-order valence-electron chi connectivity index (χ0n) is 12.1. The number of nitriles is 2. The average Bonchev–Trinajstić information content (AvgIpc) is 2.55. The second-order valence-corrected chi connectivity index (χ2v) is 6.32. The molecule has 2 rings (SSSR count). The molecule has 1 amide bonds. The van der Waals surface area contributed by atoms with Crippen LogP contribution >= 0.6 is 34.2 Å². The number of hydrogen-bond donors (Lipinski definition) is 1. The summed E-state index contributed by atoms with van der Waals surface area (Å²) >= 11 is 7.62. The van der Waals surface area contributed by atoms with Gasteiger partial charge < -0.3 is 5.32 Å². The number of hydrogen-bond acceptors (Lipinski definition) is 3. The van der Waals surface area contributed by atoms with Gasteiger partial charge in [-0.1, -0.05) is 11.6 Å². The van der Waals surface area contributed by atoms with Crippen LogP contribution in [0.3, 0.4) is 0 Å². The first kappa shape index (κ1) is 19.0. The molecule has 0 heterocycles. The Bertz CT molecular complexity index is 945. The van der Waals surface area contributed by atoms with Gasteiger partial charge in [-0.2, -0.15) is 23.7 Å². The molecule has 1 N–H and O–H groups in total. The van der Waals surface area contributed by atoms with Crippen LogP contribution in [0.25, 0.3) is 0 Å². The molecule has 0 unspecified atom stereocenters. The summed E-state index contributed by atoms with van der Waals surface area (Å²) in [5, 5.41) is 20.1. The summed E-state index contributed by atoms with van der Waals surface area (Å²) < 4.78 is 39.4. The van der Waals surface area contributed by atoms with Crippen molar-refractivity contribution in [1.29, 1.82) is 10.5 Å². The minimum atomic E-state index is -4.74. The zero-order valence-corrected chi connectivity index (χ0v) is 15.0. The van der Waals surface area contributed by atoms with Crippen molar-refractivity contribution in [2.75, 3.05) is 5.32 Å². The first-order valence-electron chi connectivity index (χ1n) is 6.49. The van der Waals surface area contributed by atoms with E-state index in [4.69, 9.17) is 22.1 Å². The molecule has 9 heteroatoms. The van der Waals surface area contributed by atoms with Crippen LogP contribution in [0.1, 0.15) is 27.0 Å². The van der Waals surface area contributed by atoms with Crippen LogP contribution in [0.2, 0.25) is 5.02 Å². The normalized spacial score (nSPS) is 10.7. The van der Waals surface area contributed by atoms with E-state index in [9.17, 15) is 18.0 Å². The molecule has 0 radical (unpaired) electrons. The van der Waals surface area contributed by atoms with E-state index in [2.05, 4.69) is 5.32 Å². The maximum Gasteiger partial charge on any atom is 0.417 e. The minimum absolute atomic E-state index is 0.0468. The summed E-state index contributed by atoms with van der Waals surface area (Å²) in [6, 6.07) is 9.05. The van der Waals surface area contributed by atoms with Crippen molar-refractivity contribution in [3.8, 4) is 12.1 Å². The molecule has 2 aromatic carbocycles. The molecular weight excluding hydrogens is 470 g/mol. The van der Waals surface area contributed by atoms with E-state index in [1.807, 2.05) is 6.07 Å². The quantitative estimate of drug-likeness (QED) is 0.624. The van der Waals surface area contributed by atoms with Crippen LogP contribution in [0.15, 0.2) is 30.3 Å². The summed E-state index contributed by atoms with van der Waals surface area (Å²) in [5.74, 6) is -0.766. The van der Waals surface area contributed by atoms with Crippen LogP contribution < -0.4 is 5.32 Å². The average molecular weight is 476 g/mol. The first-order chi connectivity index (χ1) is 11.7. The number of nitrogens with one attached hydrogen (secondary N) is 1. The van der Waals surface area contributed by atoms with E-state index in [0.29, 0.717) is 6.07 Å². The molecule has 0 atom stereocenters. The Kier molecular flexibility index (Phi) is 5.55. The van der Waals surface area contributed by atoms with Gasteiger partial charge in [-0.05, 0) is 52.9 Å². The third-order valence-electron chi connectivity index (χ3n) is 3.12. The van der Waals surface area contributed by atoms with E-state index in [-0.39, 0.29) is 25.4 Å². The Morgan fingerprint density at radius 2 is 1.84 bits per heavy atom. The number of rotatable bonds is 2. The van der Waals surface area contributed by atoms with Gasteiger partial charge in [0.2, 0.25) is 0 Å². The lowest BCUT2D eigenvalue weighted by Gasteiger charge is -2.14. The van der Waals surface area contributed by atoms with Crippen molar-refractivity contribution in [1.82, 2.24) is 0 Å². The van der Waals surface area contributed by atoms with E-state index < -0.39 is 23.2 Å². The Morgan fingerprint density at radius 1 is 1.16 bits per heavy atom. The summed E-state index contributed by atoms with van der Waals surface area (Å²) in [6.45, 7) is 0. The van der Waals surface area contributed by atoms with Gasteiger partial charge >= 0.3 is 6.18 Å². The fraction of sp³-hybridized carbons (Fsp3) is 0.0625. The lowest BCUT2D eigenvalue weighted by atomic mass is 10.1. The molecule has 25 heavy (non-hydrogen) atoms. The van der Waals surface area contributed by atoms with Gasteiger partial charge in [-0.15, -0.1) is 0 Å². The van der Waals surface area contributed by atoms with Gasteiger partial charge in [0.25, 0.3) is 5.91 Å². The fourth-order valence-corrected chi connectivity index (χ4v) is 2.76. The van der Waals surface area contributed by atoms with E-state index >= 15 is 0 Å². The molecule has 0 spiro atoms. The Labute approximate surface area is 159 Å². The van der Waals surface area contributed by atoms with Crippen molar-refractivity contribution in [3.05, 3.63) is 61.2 Å². The van der Waals surface area contributed by atoms with Crippen LogP contribution in [0, 0.1) is 26.2 Å². The second kappa shape index (κ2) is 7.30. The summed E-state index contributed by atoms with van der Waals surface area (Å²) in [4.78, 5) is 12.3.